The Bertz CT molecular complexity index is 1390. The molecule has 0 aliphatic carbocycles. The first-order valence-corrected chi connectivity index (χ1v) is 12.4. The Kier molecular flexibility index (Phi) is 8.65. The Hall–Kier alpha value is -4.02. The summed E-state index contributed by atoms with van der Waals surface area (Å²) in [5, 5.41) is 14.0. The Balaban J connectivity index is 1.49. The molecule has 1 amide bonds. The van der Waals surface area contributed by atoms with Crippen LogP contribution < -0.4 is 19.6 Å². The Morgan fingerprint density at radius 1 is 0.973 bits per heavy atom. The lowest BCUT2D eigenvalue weighted by molar-refractivity contribution is -0.118. The maximum Gasteiger partial charge on any atom is 0.250 e. The lowest BCUT2D eigenvalue weighted by Crippen LogP contribution is -2.20. The van der Waals surface area contributed by atoms with Crippen LogP contribution in [0, 0.1) is 0 Å². The van der Waals surface area contributed by atoms with Gasteiger partial charge in [0.2, 0.25) is 0 Å². The lowest BCUT2D eigenvalue weighted by Gasteiger charge is -2.11. The third kappa shape index (κ3) is 6.22. The van der Waals surface area contributed by atoms with E-state index in [2.05, 4.69) is 20.7 Å². The number of thioether (sulfide) groups is 1. The highest BCUT2D eigenvalue weighted by molar-refractivity contribution is 7.99. The van der Waals surface area contributed by atoms with Gasteiger partial charge >= 0.3 is 0 Å². The number of aromatic nitrogens is 3. The Labute approximate surface area is 223 Å². The van der Waals surface area contributed by atoms with Crippen molar-refractivity contribution >= 4 is 35.5 Å². The highest BCUT2D eigenvalue weighted by atomic mass is 35.5. The van der Waals surface area contributed by atoms with Gasteiger partial charge < -0.3 is 14.2 Å². The molecule has 4 aromatic rings. The predicted molar refractivity (Wildman–Crippen MR) is 144 cm³/mol. The zero-order valence-electron chi connectivity index (χ0n) is 20.3. The second-order valence-electron chi connectivity index (χ2n) is 7.52. The van der Waals surface area contributed by atoms with Crippen LogP contribution in [0.2, 0.25) is 5.02 Å². The van der Waals surface area contributed by atoms with Crippen LogP contribution in [-0.4, -0.2) is 54.0 Å². The summed E-state index contributed by atoms with van der Waals surface area (Å²) < 4.78 is 17.9. The minimum Gasteiger partial charge on any atom is -0.496 e. The van der Waals surface area contributed by atoms with E-state index in [0.717, 1.165) is 11.3 Å². The van der Waals surface area contributed by atoms with Gasteiger partial charge in [-0.2, -0.15) is 5.10 Å². The first-order chi connectivity index (χ1) is 18.0. The van der Waals surface area contributed by atoms with E-state index >= 15 is 0 Å². The average molecular weight is 538 g/mol. The monoisotopic (exact) mass is 537 g/mol. The van der Waals surface area contributed by atoms with Crippen LogP contribution in [0.4, 0.5) is 0 Å². The highest BCUT2D eigenvalue weighted by Gasteiger charge is 2.17. The van der Waals surface area contributed by atoms with Crippen molar-refractivity contribution in [3.8, 4) is 34.3 Å². The number of amides is 1. The van der Waals surface area contributed by atoms with Crippen LogP contribution >= 0.6 is 23.4 Å². The van der Waals surface area contributed by atoms with Crippen molar-refractivity contribution < 1.29 is 19.0 Å². The molecule has 0 saturated heterocycles. The molecule has 4 rings (SSSR count). The van der Waals surface area contributed by atoms with Gasteiger partial charge in [-0.05, 0) is 30.3 Å². The number of nitrogens with zero attached hydrogens (tertiary/aromatic N) is 4. The molecule has 0 radical (unpaired) electrons. The molecule has 9 nitrogen and oxygen atoms in total. The van der Waals surface area contributed by atoms with E-state index in [9.17, 15) is 4.79 Å². The van der Waals surface area contributed by atoms with Crippen molar-refractivity contribution in [2.45, 2.75) is 5.16 Å². The van der Waals surface area contributed by atoms with Crippen LogP contribution in [0.25, 0.3) is 17.1 Å². The van der Waals surface area contributed by atoms with E-state index in [4.69, 9.17) is 25.8 Å². The fourth-order valence-electron chi connectivity index (χ4n) is 3.45. The van der Waals surface area contributed by atoms with Crippen molar-refractivity contribution in [3.63, 3.8) is 0 Å². The third-order valence-electron chi connectivity index (χ3n) is 5.21. The van der Waals surface area contributed by atoms with Gasteiger partial charge in [-0.1, -0.05) is 53.7 Å². The molecule has 1 heterocycles. The van der Waals surface area contributed by atoms with Gasteiger partial charge in [0.1, 0.15) is 5.75 Å². The molecule has 0 aliphatic heterocycles. The number of rotatable bonds is 10. The van der Waals surface area contributed by atoms with E-state index in [-0.39, 0.29) is 11.7 Å². The third-order valence-corrected chi connectivity index (χ3v) is 6.39. The number of carbonyl (C=O) groups is 1. The number of ether oxygens (including phenoxy) is 3. The van der Waals surface area contributed by atoms with Gasteiger partial charge in [0.05, 0.1) is 33.3 Å². The van der Waals surface area contributed by atoms with Crippen molar-refractivity contribution in [2.24, 2.45) is 5.10 Å². The number of methoxy groups -OCH3 is 3. The maximum absolute atomic E-state index is 12.6. The summed E-state index contributed by atoms with van der Waals surface area (Å²) in [5.41, 5.74) is 4.87. The predicted octanol–water partition coefficient (Wildman–Crippen LogP) is 4.86. The zero-order chi connectivity index (χ0) is 26.2. The van der Waals surface area contributed by atoms with E-state index in [1.54, 1.807) is 31.4 Å². The number of nitrogens with one attached hydrogen (secondary N) is 1. The van der Waals surface area contributed by atoms with Crippen LogP contribution in [0.5, 0.6) is 17.2 Å². The number of halogens is 1. The van der Waals surface area contributed by atoms with Gasteiger partial charge in [-0.15, -0.1) is 10.2 Å². The molecule has 0 atom stereocenters. The number of hydrogen-bond acceptors (Lipinski definition) is 8. The van der Waals surface area contributed by atoms with Crippen molar-refractivity contribution in [3.05, 3.63) is 77.3 Å². The van der Waals surface area contributed by atoms with Crippen LogP contribution in [0.15, 0.2) is 77.0 Å². The number of hydrogen-bond donors (Lipinski definition) is 1. The van der Waals surface area contributed by atoms with E-state index in [1.807, 2.05) is 47.0 Å². The molecule has 0 bridgehead atoms. The van der Waals surface area contributed by atoms with Gasteiger partial charge in [-0.25, -0.2) is 5.43 Å². The fourth-order valence-corrected chi connectivity index (χ4v) is 4.32. The summed E-state index contributed by atoms with van der Waals surface area (Å²) in [6, 6.07) is 20.4. The quantitative estimate of drug-likeness (QED) is 0.175. The molecule has 0 fully saturated rings. The molecule has 0 spiro atoms. The van der Waals surface area contributed by atoms with Gasteiger partial charge in [-0.3, -0.25) is 9.36 Å². The summed E-state index contributed by atoms with van der Waals surface area (Å²) in [6.45, 7) is 0. The summed E-state index contributed by atoms with van der Waals surface area (Å²) in [4.78, 5) is 12.6. The fraction of sp³-hybridized carbons (Fsp3) is 0.154. The first kappa shape index (κ1) is 26.1. The topological polar surface area (TPSA) is 99.9 Å². The normalized spacial score (nSPS) is 10.9. The van der Waals surface area contributed by atoms with E-state index < -0.39 is 0 Å². The number of carbonyl (C=O) groups excluding carboxylic acids is 1. The van der Waals surface area contributed by atoms with Gasteiger partial charge in [0.15, 0.2) is 22.5 Å². The molecule has 0 saturated carbocycles. The van der Waals surface area contributed by atoms with Crippen molar-refractivity contribution in [1.29, 1.82) is 0 Å². The standard InChI is InChI=1S/C26H24ClN5O4S/c1-34-21-14-23(36-3)22(35-2)13-18(21)15-28-29-24(33)16-37-26-31-30-25(17-7-5-4-6-8-17)32(26)20-11-9-19(27)10-12-20/h4-15H,16H2,1-3H3,(H,29,33)/b28-15-. The van der Waals surface area contributed by atoms with Crippen LogP contribution in [-0.2, 0) is 4.79 Å². The SMILES string of the molecule is COc1cc(OC)c(OC)cc1/C=N\NC(=O)CSc1nnc(-c2ccccc2)n1-c1ccc(Cl)cc1. The smallest absolute Gasteiger partial charge is 0.250 e. The largest absolute Gasteiger partial charge is 0.496 e. The zero-order valence-corrected chi connectivity index (χ0v) is 21.9. The van der Waals surface area contributed by atoms with Crippen molar-refractivity contribution in [2.75, 3.05) is 27.1 Å². The molecule has 1 aromatic heterocycles. The Morgan fingerprint density at radius 2 is 1.65 bits per heavy atom. The van der Waals surface area contributed by atoms with Gasteiger partial charge in [0.25, 0.3) is 5.91 Å². The van der Waals surface area contributed by atoms with E-state index in [1.165, 1.54) is 32.2 Å². The molecule has 190 valence electrons. The summed E-state index contributed by atoms with van der Waals surface area (Å²) in [6.07, 6.45) is 1.48. The summed E-state index contributed by atoms with van der Waals surface area (Å²) in [5.74, 6) is 1.98. The minimum absolute atomic E-state index is 0.0704. The minimum atomic E-state index is -0.312. The van der Waals surface area contributed by atoms with Gasteiger partial charge in [0, 0.05) is 27.9 Å². The number of benzene rings is 3. The Morgan fingerprint density at radius 3 is 2.32 bits per heavy atom. The molecular weight excluding hydrogens is 514 g/mol. The molecule has 1 N–H and O–H groups in total. The lowest BCUT2D eigenvalue weighted by atomic mass is 10.2. The first-order valence-electron chi connectivity index (χ1n) is 11.1. The van der Waals surface area contributed by atoms with Crippen LogP contribution in [0.3, 0.4) is 0 Å². The average Bonchev–Trinajstić information content (AvgIpc) is 3.36. The molecule has 11 heteroatoms. The molecular formula is C26H24ClN5O4S. The number of hydrazone groups is 1. The summed E-state index contributed by atoms with van der Waals surface area (Å²) >= 11 is 7.33. The van der Waals surface area contributed by atoms with Crippen molar-refractivity contribution in [1.82, 2.24) is 20.2 Å². The highest BCUT2D eigenvalue weighted by Crippen LogP contribution is 2.34. The molecule has 0 unspecified atom stereocenters. The molecule has 0 aliphatic rings. The summed E-state index contributed by atoms with van der Waals surface area (Å²) in [7, 11) is 4.62. The maximum atomic E-state index is 12.6. The van der Waals surface area contributed by atoms with Crippen LogP contribution in [0.1, 0.15) is 5.56 Å². The second-order valence-corrected chi connectivity index (χ2v) is 8.89. The van der Waals surface area contributed by atoms with E-state index in [0.29, 0.717) is 38.8 Å². The molecule has 3 aromatic carbocycles. The molecule has 37 heavy (non-hydrogen) atoms. The second kappa shape index (κ2) is 12.3.